The highest BCUT2D eigenvalue weighted by Crippen LogP contribution is 2.25. The summed E-state index contributed by atoms with van der Waals surface area (Å²) in [4.78, 5) is 38.7. The van der Waals surface area contributed by atoms with E-state index in [4.69, 9.17) is 0 Å². The minimum Gasteiger partial charge on any atom is -0.354 e. The number of rotatable bonds is 5. The van der Waals surface area contributed by atoms with Crippen LogP contribution in [-0.2, 0) is 9.59 Å². The second-order valence-electron chi connectivity index (χ2n) is 5.93. The van der Waals surface area contributed by atoms with Gasteiger partial charge in [-0.3, -0.25) is 19.4 Å². The van der Waals surface area contributed by atoms with E-state index in [2.05, 4.69) is 5.32 Å². The molecule has 2 rings (SSSR count). The summed E-state index contributed by atoms with van der Waals surface area (Å²) < 4.78 is 13.0. The average Bonchev–Trinajstić information content (AvgIpc) is 2.70. The van der Waals surface area contributed by atoms with Crippen LogP contribution in [0.4, 0.5) is 14.9 Å². The van der Waals surface area contributed by atoms with Gasteiger partial charge >= 0.3 is 6.03 Å². The molecule has 1 aliphatic heterocycles. The minimum absolute atomic E-state index is 0.276. The Balaban J connectivity index is 2.11. The van der Waals surface area contributed by atoms with E-state index in [1.165, 1.54) is 29.2 Å². The normalized spacial score (nSPS) is 18.0. The van der Waals surface area contributed by atoms with Gasteiger partial charge in [-0.25, -0.2) is 9.18 Å². The lowest BCUT2D eigenvalue weighted by atomic mass is 10.2. The molecule has 0 bridgehead atoms. The Morgan fingerprint density at radius 3 is 2.43 bits per heavy atom. The number of carbonyl (C=O) groups is 3. The smallest absolute Gasteiger partial charge is 0.332 e. The van der Waals surface area contributed by atoms with Crippen LogP contribution in [0.2, 0.25) is 0 Å². The van der Waals surface area contributed by atoms with Crippen molar-refractivity contribution in [1.29, 1.82) is 0 Å². The van der Waals surface area contributed by atoms with Crippen LogP contribution in [0.1, 0.15) is 20.8 Å². The zero-order valence-electron chi connectivity index (χ0n) is 13.4. The summed E-state index contributed by atoms with van der Waals surface area (Å²) in [5.41, 5.74) is 0.419. The Morgan fingerprint density at radius 1 is 1.26 bits per heavy atom. The predicted molar refractivity (Wildman–Crippen MR) is 83.3 cm³/mol. The molecule has 0 unspecified atom stereocenters. The monoisotopic (exact) mass is 321 g/mol. The molecule has 0 radical (unpaired) electrons. The number of urea groups is 1. The van der Waals surface area contributed by atoms with Gasteiger partial charge in [0.05, 0.1) is 0 Å². The Hall–Kier alpha value is -2.44. The van der Waals surface area contributed by atoms with E-state index in [0.29, 0.717) is 12.2 Å². The van der Waals surface area contributed by atoms with Crippen LogP contribution in [0.25, 0.3) is 0 Å². The zero-order chi connectivity index (χ0) is 17.1. The number of carbonyl (C=O) groups excluding carboxylic acids is 3. The van der Waals surface area contributed by atoms with E-state index in [-0.39, 0.29) is 18.4 Å². The summed E-state index contributed by atoms with van der Waals surface area (Å²) in [6.45, 7) is 5.64. The SMILES string of the molecule is CC(C)CNC(=O)CN1C(=O)[C@@H](C)N(c2ccc(F)cc2)C1=O. The van der Waals surface area contributed by atoms with Crippen LogP contribution in [0.5, 0.6) is 0 Å². The summed E-state index contributed by atoms with van der Waals surface area (Å²) in [7, 11) is 0. The van der Waals surface area contributed by atoms with Crippen LogP contribution < -0.4 is 10.2 Å². The molecule has 0 aliphatic carbocycles. The number of anilines is 1. The van der Waals surface area contributed by atoms with Crippen LogP contribution in [-0.4, -0.2) is 41.9 Å². The molecule has 1 aliphatic rings. The first-order valence-corrected chi connectivity index (χ1v) is 7.48. The van der Waals surface area contributed by atoms with Crippen LogP contribution in [0.3, 0.4) is 0 Å². The highest BCUT2D eigenvalue weighted by molar-refractivity contribution is 6.15. The van der Waals surface area contributed by atoms with Gasteiger partial charge in [0.25, 0.3) is 5.91 Å². The van der Waals surface area contributed by atoms with E-state index in [1.807, 2.05) is 13.8 Å². The molecule has 7 heteroatoms. The predicted octanol–water partition coefficient (Wildman–Crippen LogP) is 1.75. The lowest BCUT2D eigenvalue weighted by Gasteiger charge is -2.19. The Kier molecular flexibility index (Phi) is 4.98. The van der Waals surface area contributed by atoms with Crippen molar-refractivity contribution >= 4 is 23.5 Å². The van der Waals surface area contributed by atoms with Crippen molar-refractivity contribution in [2.45, 2.75) is 26.8 Å². The molecule has 1 fully saturated rings. The maximum absolute atomic E-state index is 13.0. The third-order valence-electron chi connectivity index (χ3n) is 3.56. The first-order valence-electron chi connectivity index (χ1n) is 7.48. The molecular weight excluding hydrogens is 301 g/mol. The van der Waals surface area contributed by atoms with Crippen molar-refractivity contribution in [3.8, 4) is 0 Å². The first kappa shape index (κ1) is 16.9. The van der Waals surface area contributed by atoms with E-state index in [0.717, 1.165) is 4.90 Å². The van der Waals surface area contributed by atoms with E-state index >= 15 is 0 Å². The van der Waals surface area contributed by atoms with Crippen molar-refractivity contribution in [3.63, 3.8) is 0 Å². The summed E-state index contributed by atoms with van der Waals surface area (Å²) in [6.07, 6.45) is 0. The number of hydrogen-bond donors (Lipinski definition) is 1. The maximum Gasteiger partial charge on any atom is 0.332 e. The lowest BCUT2D eigenvalue weighted by molar-refractivity contribution is -0.131. The topological polar surface area (TPSA) is 69.7 Å². The van der Waals surface area contributed by atoms with Gasteiger partial charge in [0.1, 0.15) is 18.4 Å². The number of nitrogens with one attached hydrogen (secondary N) is 1. The van der Waals surface area contributed by atoms with E-state index in [1.54, 1.807) is 6.92 Å². The minimum atomic E-state index is -0.731. The summed E-state index contributed by atoms with van der Waals surface area (Å²) in [6, 6.07) is 3.99. The fourth-order valence-electron chi connectivity index (χ4n) is 2.32. The van der Waals surface area contributed by atoms with Crippen LogP contribution in [0, 0.1) is 11.7 Å². The van der Waals surface area contributed by atoms with Gasteiger partial charge < -0.3 is 5.32 Å². The number of imide groups is 1. The molecule has 1 aromatic rings. The quantitative estimate of drug-likeness (QED) is 0.840. The lowest BCUT2D eigenvalue weighted by Crippen LogP contribution is -2.42. The first-order chi connectivity index (χ1) is 10.8. The third kappa shape index (κ3) is 3.67. The van der Waals surface area contributed by atoms with Crippen LogP contribution in [0.15, 0.2) is 24.3 Å². The molecule has 6 nitrogen and oxygen atoms in total. The average molecular weight is 321 g/mol. The number of benzene rings is 1. The standard InChI is InChI=1S/C16H20FN3O3/c1-10(2)8-18-14(21)9-19-15(22)11(3)20(16(19)23)13-6-4-12(17)5-7-13/h4-7,10-11H,8-9H2,1-3H3,(H,18,21)/t11-/m1/s1. The molecular formula is C16H20FN3O3. The summed E-state index contributed by atoms with van der Waals surface area (Å²) in [5.74, 6) is -0.976. The molecule has 1 N–H and O–H groups in total. The van der Waals surface area contributed by atoms with Gasteiger partial charge in [-0.15, -0.1) is 0 Å². The Bertz CT molecular complexity index is 616. The van der Waals surface area contributed by atoms with E-state index < -0.39 is 23.8 Å². The van der Waals surface area contributed by atoms with Gasteiger partial charge in [-0.05, 0) is 37.1 Å². The molecule has 4 amide bonds. The van der Waals surface area contributed by atoms with Crippen molar-refractivity contribution < 1.29 is 18.8 Å². The molecule has 0 aromatic heterocycles. The number of halogens is 1. The zero-order valence-corrected chi connectivity index (χ0v) is 13.4. The van der Waals surface area contributed by atoms with Gasteiger partial charge in [0.2, 0.25) is 5.91 Å². The maximum atomic E-state index is 13.0. The van der Waals surface area contributed by atoms with Gasteiger partial charge in [-0.2, -0.15) is 0 Å². The molecule has 1 heterocycles. The van der Waals surface area contributed by atoms with Crippen molar-refractivity contribution in [1.82, 2.24) is 10.2 Å². The second kappa shape index (κ2) is 6.76. The van der Waals surface area contributed by atoms with Gasteiger partial charge in [-0.1, -0.05) is 13.8 Å². The molecule has 0 spiro atoms. The molecule has 1 aromatic carbocycles. The van der Waals surface area contributed by atoms with Gasteiger partial charge in [0, 0.05) is 12.2 Å². The molecule has 1 saturated heterocycles. The Morgan fingerprint density at radius 2 is 1.87 bits per heavy atom. The highest BCUT2D eigenvalue weighted by Gasteiger charge is 2.43. The van der Waals surface area contributed by atoms with Gasteiger partial charge in [0.15, 0.2) is 0 Å². The molecule has 124 valence electrons. The summed E-state index contributed by atoms with van der Waals surface area (Å²) in [5, 5.41) is 2.67. The highest BCUT2D eigenvalue weighted by atomic mass is 19.1. The number of amides is 4. The summed E-state index contributed by atoms with van der Waals surface area (Å²) >= 11 is 0. The Labute approximate surface area is 134 Å². The third-order valence-corrected chi connectivity index (χ3v) is 3.56. The number of nitrogens with zero attached hydrogens (tertiary/aromatic N) is 2. The van der Waals surface area contributed by atoms with Crippen LogP contribution >= 0.6 is 0 Å². The van der Waals surface area contributed by atoms with Crippen molar-refractivity contribution in [3.05, 3.63) is 30.1 Å². The van der Waals surface area contributed by atoms with Crippen molar-refractivity contribution in [2.75, 3.05) is 18.0 Å². The molecule has 23 heavy (non-hydrogen) atoms. The fourth-order valence-corrected chi connectivity index (χ4v) is 2.32. The van der Waals surface area contributed by atoms with Crippen molar-refractivity contribution in [2.24, 2.45) is 5.92 Å². The number of hydrogen-bond acceptors (Lipinski definition) is 3. The molecule has 1 atom stereocenters. The van der Waals surface area contributed by atoms with E-state index in [9.17, 15) is 18.8 Å². The molecule has 0 saturated carbocycles. The largest absolute Gasteiger partial charge is 0.354 e. The fraction of sp³-hybridized carbons (Fsp3) is 0.438. The second-order valence-corrected chi connectivity index (χ2v) is 5.93.